The third kappa shape index (κ3) is 3.16. The monoisotopic (exact) mass is 306 g/mol. The lowest BCUT2D eigenvalue weighted by molar-refractivity contribution is 0.111. The van der Waals surface area contributed by atoms with E-state index < -0.39 is 0 Å². The molecule has 0 atom stereocenters. The molecule has 0 spiro atoms. The van der Waals surface area contributed by atoms with Crippen molar-refractivity contribution in [2.45, 2.75) is 6.42 Å². The Morgan fingerprint density at radius 3 is 2.61 bits per heavy atom. The molecule has 6 nitrogen and oxygen atoms in total. The number of carbonyl (C=O) groups excluding carboxylic acids is 1. The lowest BCUT2D eigenvalue weighted by atomic mass is 10.1. The highest BCUT2D eigenvalue weighted by Gasteiger charge is 2.05. The molecule has 23 heavy (non-hydrogen) atoms. The van der Waals surface area contributed by atoms with E-state index in [0.717, 1.165) is 11.1 Å². The normalized spacial score (nSPS) is 10.4. The van der Waals surface area contributed by atoms with Crippen LogP contribution < -0.4 is 4.74 Å². The predicted octanol–water partition coefficient (Wildman–Crippen LogP) is 3.58. The second-order valence-corrected chi connectivity index (χ2v) is 4.93. The SMILES string of the molecule is N=CCC(=N)c1ccc(Oc2ccc3nc(C=O)[nH]c3c2)cc1. The Balaban J connectivity index is 1.79. The quantitative estimate of drug-likeness (QED) is 0.479. The minimum Gasteiger partial charge on any atom is -0.457 e. The molecule has 3 aromatic rings. The van der Waals surface area contributed by atoms with Gasteiger partial charge in [-0.1, -0.05) is 0 Å². The summed E-state index contributed by atoms with van der Waals surface area (Å²) in [6.07, 6.45) is 2.19. The molecule has 0 bridgehead atoms. The zero-order valence-corrected chi connectivity index (χ0v) is 12.2. The van der Waals surface area contributed by atoms with Gasteiger partial charge in [0.1, 0.15) is 11.5 Å². The van der Waals surface area contributed by atoms with E-state index in [1.807, 2.05) is 0 Å². The Kier molecular flexibility index (Phi) is 3.97. The summed E-state index contributed by atoms with van der Waals surface area (Å²) in [5.74, 6) is 1.55. The smallest absolute Gasteiger partial charge is 0.185 e. The van der Waals surface area contributed by atoms with Crippen molar-refractivity contribution in [2.75, 3.05) is 0 Å². The fourth-order valence-electron chi connectivity index (χ4n) is 2.21. The van der Waals surface area contributed by atoms with Gasteiger partial charge >= 0.3 is 0 Å². The van der Waals surface area contributed by atoms with Gasteiger partial charge in [0, 0.05) is 24.4 Å². The number of carbonyl (C=O) groups is 1. The van der Waals surface area contributed by atoms with Crippen molar-refractivity contribution in [2.24, 2.45) is 0 Å². The second kappa shape index (κ2) is 6.23. The van der Waals surface area contributed by atoms with Gasteiger partial charge in [0.05, 0.1) is 11.0 Å². The van der Waals surface area contributed by atoms with E-state index in [0.29, 0.717) is 35.4 Å². The van der Waals surface area contributed by atoms with Gasteiger partial charge in [-0.25, -0.2) is 4.98 Å². The van der Waals surface area contributed by atoms with E-state index in [1.165, 1.54) is 6.21 Å². The van der Waals surface area contributed by atoms with Crippen molar-refractivity contribution in [3.63, 3.8) is 0 Å². The molecule has 0 aliphatic rings. The third-order valence-corrected chi connectivity index (χ3v) is 3.33. The Morgan fingerprint density at radius 2 is 1.91 bits per heavy atom. The molecule has 1 aromatic heterocycles. The van der Waals surface area contributed by atoms with Crippen LogP contribution in [-0.2, 0) is 0 Å². The molecule has 2 aromatic carbocycles. The predicted molar refractivity (Wildman–Crippen MR) is 88.2 cm³/mol. The number of aldehydes is 1. The van der Waals surface area contributed by atoms with Crippen molar-refractivity contribution >= 4 is 29.2 Å². The fraction of sp³-hybridized carbons (Fsp3) is 0.0588. The van der Waals surface area contributed by atoms with Gasteiger partial charge in [-0.05, 0) is 42.0 Å². The third-order valence-electron chi connectivity index (χ3n) is 3.33. The number of fused-ring (bicyclic) bond motifs is 1. The molecule has 114 valence electrons. The number of imidazole rings is 1. The van der Waals surface area contributed by atoms with Gasteiger partial charge in [0.15, 0.2) is 12.1 Å². The first-order valence-electron chi connectivity index (χ1n) is 6.99. The second-order valence-electron chi connectivity index (χ2n) is 4.93. The summed E-state index contributed by atoms with van der Waals surface area (Å²) in [5, 5.41) is 14.8. The minimum absolute atomic E-state index is 0.284. The van der Waals surface area contributed by atoms with Crippen LogP contribution in [0.2, 0.25) is 0 Å². The van der Waals surface area contributed by atoms with Crippen LogP contribution in [0, 0.1) is 10.8 Å². The maximum Gasteiger partial charge on any atom is 0.185 e. The highest BCUT2D eigenvalue weighted by Crippen LogP contribution is 2.25. The number of nitrogens with one attached hydrogen (secondary N) is 3. The maximum absolute atomic E-state index is 10.7. The lowest BCUT2D eigenvalue weighted by Gasteiger charge is -2.07. The summed E-state index contributed by atoms with van der Waals surface area (Å²) in [7, 11) is 0. The molecule has 1 heterocycles. The molecule has 0 aliphatic heterocycles. The van der Waals surface area contributed by atoms with Crippen LogP contribution >= 0.6 is 0 Å². The summed E-state index contributed by atoms with van der Waals surface area (Å²) < 4.78 is 5.77. The molecule has 0 radical (unpaired) electrons. The van der Waals surface area contributed by atoms with Crippen molar-refractivity contribution in [1.29, 1.82) is 10.8 Å². The number of hydrogen-bond donors (Lipinski definition) is 3. The van der Waals surface area contributed by atoms with E-state index >= 15 is 0 Å². The van der Waals surface area contributed by atoms with Gasteiger partial charge in [0.25, 0.3) is 0 Å². The van der Waals surface area contributed by atoms with Crippen LogP contribution in [0.15, 0.2) is 42.5 Å². The first-order valence-corrected chi connectivity index (χ1v) is 6.99. The van der Waals surface area contributed by atoms with Gasteiger partial charge in [-0.2, -0.15) is 0 Å². The van der Waals surface area contributed by atoms with E-state index in [1.54, 1.807) is 42.5 Å². The minimum atomic E-state index is 0.284. The summed E-state index contributed by atoms with van der Waals surface area (Å²) in [4.78, 5) is 17.7. The van der Waals surface area contributed by atoms with Crippen LogP contribution in [0.3, 0.4) is 0 Å². The number of ether oxygens (including phenoxy) is 1. The summed E-state index contributed by atoms with van der Waals surface area (Å²) in [6, 6.07) is 12.5. The fourth-order valence-corrected chi connectivity index (χ4v) is 2.21. The Labute approximate surface area is 132 Å². The molecule has 0 aliphatic carbocycles. The molecule has 0 unspecified atom stereocenters. The highest BCUT2D eigenvalue weighted by atomic mass is 16.5. The van der Waals surface area contributed by atoms with E-state index in [4.69, 9.17) is 15.6 Å². The Bertz CT molecular complexity index is 881. The number of aromatic nitrogens is 2. The molecule has 3 rings (SSSR count). The van der Waals surface area contributed by atoms with E-state index in [2.05, 4.69) is 9.97 Å². The topological polar surface area (TPSA) is 103 Å². The van der Waals surface area contributed by atoms with Gasteiger partial charge < -0.3 is 20.5 Å². The molecular formula is C17H14N4O2. The van der Waals surface area contributed by atoms with E-state index in [9.17, 15) is 4.79 Å². The van der Waals surface area contributed by atoms with Crippen LogP contribution in [0.4, 0.5) is 0 Å². The number of rotatable bonds is 6. The molecule has 0 saturated heterocycles. The number of nitrogens with zero attached hydrogens (tertiary/aromatic N) is 1. The number of H-pyrrole nitrogens is 1. The first kappa shape index (κ1) is 14.6. The summed E-state index contributed by atoms with van der Waals surface area (Å²) in [6.45, 7) is 0. The Hall–Kier alpha value is -3.28. The zero-order valence-electron chi connectivity index (χ0n) is 12.2. The van der Waals surface area contributed by atoms with Crippen molar-refractivity contribution in [1.82, 2.24) is 9.97 Å². The molecule has 0 amide bonds. The molecule has 3 N–H and O–H groups in total. The van der Waals surface area contributed by atoms with Crippen LogP contribution in [0.25, 0.3) is 11.0 Å². The molecule has 0 saturated carbocycles. The van der Waals surface area contributed by atoms with Gasteiger partial charge in [-0.15, -0.1) is 0 Å². The standard InChI is InChI=1S/C17H14N4O2/c18-8-7-14(19)11-1-3-12(4-2-11)23-13-5-6-15-16(9-13)21-17(10-22)20-15/h1-6,8-10,18-19H,7H2,(H,20,21). The average molecular weight is 306 g/mol. The largest absolute Gasteiger partial charge is 0.457 e. The van der Waals surface area contributed by atoms with Crippen LogP contribution in [0.5, 0.6) is 11.5 Å². The van der Waals surface area contributed by atoms with Gasteiger partial charge in [-0.3, -0.25) is 4.79 Å². The average Bonchev–Trinajstić information content (AvgIpc) is 2.98. The molecular weight excluding hydrogens is 292 g/mol. The zero-order chi connectivity index (χ0) is 16.2. The number of benzene rings is 2. The van der Waals surface area contributed by atoms with Crippen molar-refractivity contribution < 1.29 is 9.53 Å². The number of aromatic amines is 1. The number of hydrogen-bond acceptors (Lipinski definition) is 5. The molecule has 0 fully saturated rings. The molecule has 6 heteroatoms. The van der Waals surface area contributed by atoms with Crippen molar-refractivity contribution in [3.05, 3.63) is 53.9 Å². The van der Waals surface area contributed by atoms with Crippen LogP contribution in [0.1, 0.15) is 22.6 Å². The van der Waals surface area contributed by atoms with Gasteiger partial charge in [0.2, 0.25) is 0 Å². The summed E-state index contributed by atoms with van der Waals surface area (Å²) >= 11 is 0. The van der Waals surface area contributed by atoms with E-state index in [-0.39, 0.29) is 5.82 Å². The summed E-state index contributed by atoms with van der Waals surface area (Å²) in [5.41, 5.74) is 2.59. The first-order chi connectivity index (χ1) is 11.2. The van der Waals surface area contributed by atoms with Crippen LogP contribution in [-0.4, -0.2) is 28.2 Å². The Morgan fingerprint density at radius 1 is 1.17 bits per heavy atom. The lowest BCUT2D eigenvalue weighted by Crippen LogP contribution is -1.98. The van der Waals surface area contributed by atoms with Crippen molar-refractivity contribution in [3.8, 4) is 11.5 Å². The highest BCUT2D eigenvalue weighted by molar-refractivity contribution is 6.04. The maximum atomic E-state index is 10.7.